The van der Waals surface area contributed by atoms with E-state index in [4.69, 9.17) is 13.9 Å². The zero-order valence-electron chi connectivity index (χ0n) is 11.4. The van der Waals surface area contributed by atoms with Crippen molar-refractivity contribution in [3.05, 3.63) is 22.6 Å². The highest BCUT2D eigenvalue weighted by molar-refractivity contribution is 6.11. The highest BCUT2D eigenvalue weighted by Crippen LogP contribution is 2.25. The van der Waals surface area contributed by atoms with Crippen LogP contribution in [0.3, 0.4) is 0 Å². The summed E-state index contributed by atoms with van der Waals surface area (Å²) in [4.78, 5) is 35.2. The number of ketones is 1. The minimum Gasteiger partial charge on any atom is -0.462 e. The number of esters is 2. The summed E-state index contributed by atoms with van der Waals surface area (Å²) in [5.74, 6) is -2.03. The SMILES string of the molecule is CCOC(=O)c1oc(C)c(C(C)=O)c1C(=O)OCC. The summed E-state index contributed by atoms with van der Waals surface area (Å²) in [6.45, 7) is 6.31. The van der Waals surface area contributed by atoms with E-state index in [0.29, 0.717) is 0 Å². The van der Waals surface area contributed by atoms with Gasteiger partial charge >= 0.3 is 11.9 Å². The highest BCUT2D eigenvalue weighted by Gasteiger charge is 2.31. The van der Waals surface area contributed by atoms with Gasteiger partial charge in [-0.2, -0.15) is 0 Å². The second-order valence-electron chi connectivity index (χ2n) is 3.73. The normalized spacial score (nSPS) is 10.1. The second-order valence-corrected chi connectivity index (χ2v) is 3.73. The highest BCUT2D eigenvalue weighted by atomic mass is 16.5. The summed E-state index contributed by atoms with van der Waals surface area (Å²) in [6, 6.07) is 0. The van der Waals surface area contributed by atoms with Crippen molar-refractivity contribution in [3.8, 4) is 0 Å². The molecule has 6 heteroatoms. The van der Waals surface area contributed by atoms with Crippen LogP contribution in [-0.2, 0) is 9.47 Å². The Labute approximate surface area is 110 Å². The average Bonchev–Trinajstić information content (AvgIpc) is 2.67. The number of hydrogen-bond donors (Lipinski definition) is 0. The molecular formula is C13H16O6. The van der Waals surface area contributed by atoms with Gasteiger partial charge < -0.3 is 13.9 Å². The minimum absolute atomic E-state index is 0.0569. The number of carbonyl (C=O) groups is 3. The Bertz CT molecular complexity index is 511. The van der Waals surface area contributed by atoms with Gasteiger partial charge in [-0.15, -0.1) is 0 Å². The molecule has 19 heavy (non-hydrogen) atoms. The molecular weight excluding hydrogens is 252 g/mol. The van der Waals surface area contributed by atoms with E-state index in [9.17, 15) is 14.4 Å². The van der Waals surface area contributed by atoms with Gasteiger partial charge in [0.1, 0.15) is 11.3 Å². The van der Waals surface area contributed by atoms with Gasteiger partial charge in [-0.25, -0.2) is 9.59 Å². The third-order valence-corrected chi connectivity index (χ3v) is 2.38. The van der Waals surface area contributed by atoms with Crippen molar-refractivity contribution < 1.29 is 28.3 Å². The zero-order valence-corrected chi connectivity index (χ0v) is 11.4. The van der Waals surface area contributed by atoms with Crippen molar-refractivity contribution in [2.24, 2.45) is 0 Å². The molecule has 1 aromatic heterocycles. The van der Waals surface area contributed by atoms with Gasteiger partial charge in [0.2, 0.25) is 5.76 Å². The molecule has 1 aromatic rings. The standard InChI is InChI=1S/C13H16O6/c1-5-17-12(15)10-9(7(3)14)8(4)19-11(10)13(16)18-6-2/h5-6H2,1-4H3. The Morgan fingerprint density at radius 1 is 1.00 bits per heavy atom. The zero-order chi connectivity index (χ0) is 14.6. The molecule has 0 atom stereocenters. The van der Waals surface area contributed by atoms with Crippen LogP contribution in [0.2, 0.25) is 0 Å². The predicted octanol–water partition coefficient (Wildman–Crippen LogP) is 2.14. The third kappa shape index (κ3) is 3.01. The third-order valence-electron chi connectivity index (χ3n) is 2.38. The lowest BCUT2D eigenvalue weighted by molar-refractivity contribution is 0.0450. The number of ether oxygens (including phenoxy) is 2. The largest absolute Gasteiger partial charge is 0.462 e. The van der Waals surface area contributed by atoms with Crippen LogP contribution in [-0.4, -0.2) is 30.9 Å². The molecule has 0 spiro atoms. The van der Waals surface area contributed by atoms with E-state index >= 15 is 0 Å². The maximum atomic E-state index is 11.9. The van der Waals surface area contributed by atoms with E-state index in [2.05, 4.69) is 0 Å². The van der Waals surface area contributed by atoms with Gasteiger partial charge in [-0.1, -0.05) is 0 Å². The molecule has 0 unspecified atom stereocenters. The van der Waals surface area contributed by atoms with Gasteiger partial charge in [0.05, 0.1) is 18.8 Å². The first-order valence-electron chi connectivity index (χ1n) is 5.92. The molecule has 0 saturated carbocycles. The summed E-state index contributed by atoms with van der Waals surface area (Å²) < 4.78 is 14.8. The molecule has 6 nitrogen and oxygen atoms in total. The van der Waals surface area contributed by atoms with Crippen molar-refractivity contribution in [2.75, 3.05) is 13.2 Å². The van der Waals surface area contributed by atoms with Crippen molar-refractivity contribution in [1.29, 1.82) is 0 Å². The maximum Gasteiger partial charge on any atom is 0.375 e. The van der Waals surface area contributed by atoms with Crippen LogP contribution in [0.15, 0.2) is 4.42 Å². The molecule has 0 aliphatic rings. The molecule has 0 N–H and O–H groups in total. The first-order chi connectivity index (χ1) is 8.93. The fourth-order valence-corrected chi connectivity index (χ4v) is 1.71. The Morgan fingerprint density at radius 3 is 2.00 bits per heavy atom. The molecule has 0 aliphatic heterocycles. The number of carbonyl (C=O) groups excluding carboxylic acids is 3. The van der Waals surface area contributed by atoms with Crippen LogP contribution >= 0.6 is 0 Å². The van der Waals surface area contributed by atoms with Crippen molar-refractivity contribution in [2.45, 2.75) is 27.7 Å². The molecule has 0 radical (unpaired) electrons. The predicted molar refractivity (Wildman–Crippen MR) is 65.4 cm³/mol. The molecule has 0 saturated heterocycles. The van der Waals surface area contributed by atoms with Crippen LogP contribution in [0.5, 0.6) is 0 Å². The lowest BCUT2D eigenvalue weighted by Crippen LogP contribution is -2.15. The van der Waals surface area contributed by atoms with Crippen LogP contribution in [0.25, 0.3) is 0 Å². The van der Waals surface area contributed by atoms with Crippen LogP contribution < -0.4 is 0 Å². The topological polar surface area (TPSA) is 82.8 Å². The molecule has 1 heterocycles. The van der Waals surface area contributed by atoms with E-state index in [1.165, 1.54) is 13.8 Å². The number of rotatable bonds is 5. The van der Waals surface area contributed by atoms with Crippen LogP contribution in [0, 0.1) is 6.92 Å². The van der Waals surface area contributed by atoms with Gasteiger partial charge in [-0.3, -0.25) is 4.79 Å². The molecule has 0 fully saturated rings. The summed E-state index contributed by atoms with van der Waals surface area (Å²) in [5.41, 5.74) is -0.105. The second kappa shape index (κ2) is 6.17. The average molecular weight is 268 g/mol. The molecule has 0 amide bonds. The molecule has 104 valence electrons. The van der Waals surface area contributed by atoms with Crippen LogP contribution in [0.1, 0.15) is 57.8 Å². The van der Waals surface area contributed by atoms with E-state index in [0.717, 1.165) is 0 Å². The number of furan rings is 1. The van der Waals surface area contributed by atoms with Gasteiger partial charge in [-0.05, 0) is 27.7 Å². The van der Waals surface area contributed by atoms with E-state index in [1.807, 2.05) is 0 Å². The maximum absolute atomic E-state index is 11.9. The van der Waals surface area contributed by atoms with E-state index in [1.54, 1.807) is 13.8 Å². The minimum atomic E-state index is -0.791. The van der Waals surface area contributed by atoms with Crippen molar-refractivity contribution >= 4 is 17.7 Å². The molecule has 0 aliphatic carbocycles. The summed E-state index contributed by atoms with van der Waals surface area (Å²) in [7, 11) is 0. The Balaban J connectivity index is 3.39. The Kier molecular flexibility index (Phi) is 4.86. The quantitative estimate of drug-likeness (QED) is 0.601. The summed E-state index contributed by atoms with van der Waals surface area (Å²) in [6.07, 6.45) is 0. The first-order valence-corrected chi connectivity index (χ1v) is 5.92. The molecule has 0 aromatic carbocycles. The van der Waals surface area contributed by atoms with E-state index in [-0.39, 0.29) is 41.6 Å². The van der Waals surface area contributed by atoms with E-state index < -0.39 is 11.9 Å². The lowest BCUT2D eigenvalue weighted by Gasteiger charge is -2.03. The van der Waals surface area contributed by atoms with Crippen LogP contribution in [0.4, 0.5) is 0 Å². The van der Waals surface area contributed by atoms with Gasteiger partial charge in [0.25, 0.3) is 0 Å². The Hall–Kier alpha value is -2.11. The monoisotopic (exact) mass is 268 g/mol. The fraction of sp³-hybridized carbons (Fsp3) is 0.462. The number of Topliss-reactive ketones (excluding diaryl/α,β-unsaturated/α-hetero) is 1. The smallest absolute Gasteiger partial charge is 0.375 e. The first kappa shape index (κ1) is 14.9. The van der Waals surface area contributed by atoms with Crippen molar-refractivity contribution in [3.63, 3.8) is 0 Å². The number of aryl methyl sites for hydroxylation is 1. The van der Waals surface area contributed by atoms with Gasteiger partial charge in [0.15, 0.2) is 5.78 Å². The Morgan fingerprint density at radius 2 is 1.53 bits per heavy atom. The van der Waals surface area contributed by atoms with Crippen molar-refractivity contribution in [1.82, 2.24) is 0 Å². The summed E-state index contributed by atoms with van der Waals surface area (Å²) >= 11 is 0. The lowest BCUT2D eigenvalue weighted by atomic mass is 10.1. The molecule has 1 rings (SSSR count). The number of hydrogen-bond acceptors (Lipinski definition) is 6. The summed E-state index contributed by atoms with van der Waals surface area (Å²) in [5, 5.41) is 0. The fourth-order valence-electron chi connectivity index (χ4n) is 1.71. The molecule has 0 bridgehead atoms. The van der Waals surface area contributed by atoms with Gasteiger partial charge in [0, 0.05) is 0 Å².